The van der Waals surface area contributed by atoms with E-state index < -0.39 is 0 Å². The van der Waals surface area contributed by atoms with E-state index in [1.54, 1.807) is 4.90 Å². The van der Waals surface area contributed by atoms with Gasteiger partial charge in [0.05, 0.1) is 5.88 Å². The fourth-order valence-corrected chi connectivity index (χ4v) is 2.48. The van der Waals surface area contributed by atoms with Crippen molar-refractivity contribution in [2.75, 3.05) is 25.6 Å². The highest BCUT2D eigenvalue weighted by atomic mass is 35.5. The van der Waals surface area contributed by atoms with Crippen molar-refractivity contribution < 1.29 is 14.3 Å². The Morgan fingerprint density at radius 2 is 1.90 bits per heavy atom. The third-order valence-corrected chi connectivity index (χ3v) is 3.91. The SMILES string of the molecule is CCC(CC)C(=O)NC1CCN(C(=O)OCCCl)CC1. The topological polar surface area (TPSA) is 58.6 Å². The Morgan fingerprint density at radius 3 is 2.40 bits per heavy atom. The number of likely N-dealkylation sites (tertiary alicyclic amines) is 1. The number of nitrogens with zero attached hydrogens (tertiary/aromatic N) is 1. The highest BCUT2D eigenvalue weighted by molar-refractivity contribution is 6.18. The average Bonchev–Trinajstić information content (AvgIpc) is 2.46. The molecule has 1 aliphatic heterocycles. The number of rotatable bonds is 6. The van der Waals surface area contributed by atoms with Crippen molar-refractivity contribution in [3.63, 3.8) is 0 Å². The summed E-state index contributed by atoms with van der Waals surface area (Å²) in [7, 11) is 0. The standard InChI is InChI=1S/C14H25ClN2O3/c1-3-11(4-2)13(18)16-12-5-8-17(9-6-12)14(19)20-10-7-15/h11-12H,3-10H2,1-2H3,(H,16,18). The van der Waals surface area contributed by atoms with E-state index in [4.69, 9.17) is 16.3 Å². The molecule has 0 radical (unpaired) electrons. The Balaban J connectivity index is 2.31. The third-order valence-electron chi connectivity index (χ3n) is 3.76. The number of hydrogen-bond acceptors (Lipinski definition) is 3. The molecule has 2 amide bonds. The Morgan fingerprint density at radius 1 is 1.30 bits per heavy atom. The minimum Gasteiger partial charge on any atom is -0.448 e. The molecular formula is C14H25ClN2O3. The molecule has 1 saturated heterocycles. The van der Waals surface area contributed by atoms with Crippen molar-refractivity contribution in [1.82, 2.24) is 10.2 Å². The molecule has 1 aliphatic rings. The molecule has 0 saturated carbocycles. The first kappa shape index (κ1) is 17.1. The van der Waals surface area contributed by atoms with Gasteiger partial charge in [-0.05, 0) is 25.7 Å². The van der Waals surface area contributed by atoms with Gasteiger partial charge < -0.3 is 15.0 Å². The maximum Gasteiger partial charge on any atom is 0.409 e. The molecule has 0 atom stereocenters. The van der Waals surface area contributed by atoms with Crippen molar-refractivity contribution in [2.24, 2.45) is 5.92 Å². The number of amides is 2. The predicted octanol–water partition coefficient (Wildman–Crippen LogP) is 2.38. The molecule has 0 spiro atoms. The van der Waals surface area contributed by atoms with Crippen LogP contribution in [0.2, 0.25) is 0 Å². The van der Waals surface area contributed by atoms with Gasteiger partial charge in [0.25, 0.3) is 0 Å². The molecule has 1 N–H and O–H groups in total. The lowest BCUT2D eigenvalue weighted by Crippen LogP contribution is -2.48. The summed E-state index contributed by atoms with van der Waals surface area (Å²) in [5.41, 5.74) is 0. The fourth-order valence-electron chi connectivity index (χ4n) is 2.40. The highest BCUT2D eigenvalue weighted by Crippen LogP contribution is 2.14. The lowest BCUT2D eigenvalue weighted by molar-refractivity contribution is -0.126. The summed E-state index contributed by atoms with van der Waals surface area (Å²) in [5, 5.41) is 3.08. The van der Waals surface area contributed by atoms with Gasteiger partial charge in [-0.25, -0.2) is 4.79 Å². The summed E-state index contributed by atoms with van der Waals surface area (Å²) in [4.78, 5) is 25.3. The molecule has 1 fully saturated rings. The quantitative estimate of drug-likeness (QED) is 0.767. The zero-order valence-corrected chi connectivity index (χ0v) is 13.1. The second-order valence-electron chi connectivity index (χ2n) is 5.09. The van der Waals surface area contributed by atoms with Gasteiger partial charge in [0.1, 0.15) is 6.61 Å². The number of alkyl halides is 1. The van der Waals surface area contributed by atoms with E-state index >= 15 is 0 Å². The Kier molecular flexibility index (Phi) is 7.73. The van der Waals surface area contributed by atoms with Crippen LogP contribution in [-0.2, 0) is 9.53 Å². The monoisotopic (exact) mass is 304 g/mol. The second kappa shape index (κ2) is 9.06. The highest BCUT2D eigenvalue weighted by Gasteiger charge is 2.26. The number of nitrogens with one attached hydrogen (secondary N) is 1. The van der Waals surface area contributed by atoms with Crippen LogP contribution in [0.1, 0.15) is 39.5 Å². The molecule has 0 unspecified atom stereocenters. The normalized spacial score (nSPS) is 16.3. The minimum absolute atomic E-state index is 0.0988. The average molecular weight is 305 g/mol. The van der Waals surface area contributed by atoms with Crippen LogP contribution in [-0.4, -0.2) is 48.5 Å². The molecule has 0 bridgehead atoms. The van der Waals surface area contributed by atoms with E-state index in [0.717, 1.165) is 25.7 Å². The largest absolute Gasteiger partial charge is 0.448 e. The number of hydrogen-bond donors (Lipinski definition) is 1. The zero-order chi connectivity index (χ0) is 15.0. The molecule has 0 aromatic heterocycles. The molecule has 0 aromatic carbocycles. The van der Waals surface area contributed by atoms with Gasteiger partial charge in [0.2, 0.25) is 5.91 Å². The summed E-state index contributed by atoms with van der Waals surface area (Å²) < 4.78 is 4.99. The smallest absolute Gasteiger partial charge is 0.409 e. The zero-order valence-electron chi connectivity index (χ0n) is 12.4. The molecule has 6 heteroatoms. The second-order valence-corrected chi connectivity index (χ2v) is 5.46. The lowest BCUT2D eigenvalue weighted by Gasteiger charge is -2.32. The molecule has 1 rings (SSSR count). The minimum atomic E-state index is -0.310. The first-order valence-electron chi connectivity index (χ1n) is 7.40. The van der Waals surface area contributed by atoms with E-state index in [-0.39, 0.29) is 30.6 Å². The van der Waals surface area contributed by atoms with Crippen LogP contribution in [0.15, 0.2) is 0 Å². The van der Waals surface area contributed by atoms with Crippen LogP contribution in [0.25, 0.3) is 0 Å². The van der Waals surface area contributed by atoms with Crippen LogP contribution < -0.4 is 5.32 Å². The van der Waals surface area contributed by atoms with Gasteiger partial charge in [-0.1, -0.05) is 13.8 Å². The summed E-state index contributed by atoms with van der Waals surface area (Å²) in [5.74, 6) is 0.549. The number of ether oxygens (including phenoxy) is 1. The Hall–Kier alpha value is -0.970. The maximum atomic E-state index is 12.0. The molecule has 116 valence electrons. The van der Waals surface area contributed by atoms with Gasteiger partial charge in [0, 0.05) is 25.0 Å². The van der Waals surface area contributed by atoms with Gasteiger partial charge in [-0.3, -0.25) is 4.79 Å². The molecule has 20 heavy (non-hydrogen) atoms. The molecular weight excluding hydrogens is 280 g/mol. The first-order chi connectivity index (χ1) is 9.62. The van der Waals surface area contributed by atoms with E-state index in [2.05, 4.69) is 5.32 Å². The van der Waals surface area contributed by atoms with E-state index in [1.807, 2.05) is 13.8 Å². The predicted molar refractivity (Wildman–Crippen MR) is 78.9 cm³/mol. The molecule has 1 heterocycles. The van der Waals surface area contributed by atoms with Crippen LogP contribution in [0, 0.1) is 5.92 Å². The number of carbonyl (C=O) groups excluding carboxylic acids is 2. The van der Waals surface area contributed by atoms with Crippen molar-refractivity contribution in [2.45, 2.75) is 45.6 Å². The van der Waals surface area contributed by atoms with Crippen molar-refractivity contribution in [1.29, 1.82) is 0 Å². The van der Waals surface area contributed by atoms with Gasteiger partial charge in [-0.15, -0.1) is 11.6 Å². The molecule has 0 aliphatic carbocycles. The maximum absolute atomic E-state index is 12.0. The summed E-state index contributed by atoms with van der Waals surface area (Å²) >= 11 is 5.48. The molecule has 0 aromatic rings. The van der Waals surface area contributed by atoms with Crippen molar-refractivity contribution in [3.05, 3.63) is 0 Å². The van der Waals surface area contributed by atoms with E-state index in [9.17, 15) is 9.59 Å². The van der Waals surface area contributed by atoms with Crippen molar-refractivity contribution in [3.8, 4) is 0 Å². The Labute approximate surface area is 126 Å². The lowest BCUT2D eigenvalue weighted by atomic mass is 10.00. The van der Waals surface area contributed by atoms with Crippen LogP contribution >= 0.6 is 11.6 Å². The van der Waals surface area contributed by atoms with Crippen LogP contribution in [0.5, 0.6) is 0 Å². The summed E-state index contributed by atoms with van der Waals surface area (Å²) in [6.45, 7) is 5.54. The number of halogens is 1. The van der Waals surface area contributed by atoms with E-state index in [1.165, 1.54) is 0 Å². The third kappa shape index (κ3) is 5.19. The molecule has 5 nitrogen and oxygen atoms in total. The fraction of sp³-hybridized carbons (Fsp3) is 0.857. The number of carbonyl (C=O) groups is 2. The Bertz CT molecular complexity index is 314. The van der Waals surface area contributed by atoms with E-state index in [0.29, 0.717) is 19.0 Å². The van der Waals surface area contributed by atoms with Crippen LogP contribution in [0.4, 0.5) is 4.79 Å². The van der Waals surface area contributed by atoms with Gasteiger partial charge in [0.15, 0.2) is 0 Å². The first-order valence-corrected chi connectivity index (χ1v) is 7.93. The summed E-state index contributed by atoms with van der Waals surface area (Å²) in [6.07, 6.45) is 2.98. The van der Waals surface area contributed by atoms with Crippen molar-refractivity contribution >= 4 is 23.6 Å². The van der Waals surface area contributed by atoms with Gasteiger partial charge in [-0.2, -0.15) is 0 Å². The van der Waals surface area contributed by atoms with Gasteiger partial charge >= 0.3 is 6.09 Å². The number of piperidine rings is 1. The van der Waals surface area contributed by atoms with Crippen LogP contribution in [0.3, 0.4) is 0 Å². The summed E-state index contributed by atoms with van der Waals surface area (Å²) in [6, 6.07) is 0.167.